The summed E-state index contributed by atoms with van der Waals surface area (Å²) in [5.41, 5.74) is -4.82. The zero-order valence-corrected chi connectivity index (χ0v) is 33.4. The molecule has 304 valence electrons. The Bertz CT molecular complexity index is 1190. The highest BCUT2D eigenvalue weighted by atomic mass is 16.7. The van der Waals surface area contributed by atoms with E-state index in [2.05, 4.69) is 5.32 Å². The molecule has 0 aliphatic carbocycles. The van der Waals surface area contributed by atoms with Crippen molar-refractivity contribution < 1.29 is 63.5 Å². The number of amides is 1. The van der Waals surface area contributed by atoms with Gasteiger partial charge in [-0.2, -0.15) is 0 Å². The molecule has 52 heavy (non-hydrogen) atoms. The molecule has 3 aliphatic heterocycles. The molecule has 3 aliphatic rings. The highest BCUT2D eigenvalue weighted by molar-refractivity contribution is 5.78. The Morgan fingerprint density at radius 1 is 0.923 bits per heavy atom. The van der Waals surface area contributed by atoms with Crippen LogP contribution in [0.5, 0.6) is 0 Å². The van der Waals surface area contributed by atoms with Gasteiger partial charge in [-0.15, -0.1) is 0 Å². The van der Waals surface area contributed by atoms with Crippen molar-refractivity contribution in [2.45, 2.75) is 185 Å². The minimum Gasteiger partial charge on any atom is -0.459 e. The third kappa shape index (κ3) is 9.83. The number of rotatable bonds is 7. The lowest BCUT2D eigenvalue weighted by molar-refractivity contribution is -0.317. The Hall–Kier alpha value is -1.50. The van der Waals surface area contributed by atoms with Crippen molar-refractivity contribution in [2.24, 2.45) is 17.8 Å². The lowest BCUT2D eigenvalue weighted by atomic mass is 9.77. The number of carbonyl (C=O) groups is 2. The third-order valence-corrected chi connectivity index (χ3v) is 11.7. The molecule has 18 atom stereocenters. The first-order valence-corrected chi connectivity index (χ1v) is 18.7. The minimum absolute atomic E-state index is 0.0853. The smallest absolute Gasteiger partial charge is 0.311 e. The predicted molar refractivity (Wildman–Crippen MR) is 190 cm³/mol. The molecule has 0 spiro atoms. The molecule has 15 nitrogen and oxygen atoms in total. The van der Waals surface area contributed by atoms with Crippen LogP contribution in [0, 0.1) is 17.8 Å². The number of nitrogens with zero attached hydrogens (tertiary/aromatic N) is 1. The number of hydrogen-bond donors (Lipinski definition) is 6. The number of carbonyl (C=O) groups excluding carboxylic acids is 2. The largest absolute Gasteiger partial charge is 0.459 e. The van der Waals surface area contributed by atoms with Gasteiger partial charge in [-0.25, -0.2) is 0 Å². The summed E-state index contributed by atoms with van der Waals surface area (Å²) >= 11 is 0. The molecular formula is C37H68N2O13. The van der Waals surface area contributed by atoms with Gasteiger partial charge in [0.1, 0.15) is 30.0 Å². The topological polar surface area (TPSA) is 206 Å². The minimum atomic E-state index is -1.97. The number of cyclic esters (lactones) is 1. The van der Waals surface area contributed by atoms with Crippen molar-refractivity contribution in [3.05, 3.63) is 0 Å². The lowest BCUT2D eigenvalue weighted by Crippen LogP contribution is -2.60. The molecule has 0 aromatic carbocycles. The highest BCUT2D eigenvalue weighted by Crippen LogP contribution is 2.40. The first-order valence-electron chi connectivity index (χ1n) is 18.7. The number of aliphatic hydroxyl groups excluding tert-OH is 3. The Balaban J connectivity index is 2.18. The maximum atomic E-state index is 14.1. The van der Waals surface area contributed by atoms with Gasteiger partial charge >= 0.3 is 5.97 Å². The van der Waals surface area contributed by atoms with Crippen LogP contribution in [0.25, 0.3) is 0 Å². The zero-order valence-electron chi connectivity index (χ0n) is 33.4. The number of aliphatic hydroxyl groups is 5. The van der Waals surface area contributed by atoms with E-state index < -0.39 is 108 Å². The summed E-state index contributed by atoms with van der Waals surface area (Å²) in [7, 11) is 5.17. The summed E-state index contributed by atoms with van der Waals surface area (Å²) in [6, 6.07) is -1.29. The van der Waals surface area contributed by atoms with Gasteiger partial charge < -0.3 is 64.2 Å². The molecule has 15 heteroatoms. The van der Waals surface area contributed by atoms with Crippen LogP contribution in [0.2, 0.25) is 0 Å². The normalized spacial score (nSPS) is 49.1. The van der Waals surface area contributed by atoms with Gasteiger partial charge in [-0.3, -0.25) is 9.59 Å². The predicted octanol–water partition coefficient (Wildman–Crippen LogP) is 1.09. The summed E-state index contributed by atoms with van der Waals surface area (Å²) in [4.78, 5) is 29.5. The van der Waals surface area contributed by atoms with Gasteiger partial charge in [0.15, 0.2) is 12.6 Å². The molecule has 0 saturated carbocycles. The van der Waals surface area contributed by atoms with Crippen molar-refractivity contribution in [1.29, 1.82) is 0 Å². The van der Waals surface area contributed by atoms with E-state index in [1.54, 1.807) is 41.5 Å². The Morgan fingerprint density at radius 3 is 2.10 bits per heavy atom. The highest BCUT2D eigenvalue weighted by Gasteiger charge is 2.52. The van der Waals surface area contributed by atoms with Crippen LogP contribution in [0.1, 0.15) is 94.9 Å². The van der Waals surface area contributed by atoms with E-state index in [1.165, 1.54) is 27.9 Å². The van der Waals surface area contributed by atoms with Crippen LogP contribution in [0.15, 0.2) is 0 Å². The molecule has 1 amide bonds. The van der Waals surface area contributed by atoms with E-state index in [-0.39, 0.29) is 31.4 Å². The number of ether oxygens (including phenoxy) is 6. The van der Waals surface area contributed by atoms with Gasteiger partial charge in [0.25, 0.3) is 0 Å². The molecule has 0 radical (unpaired) electrons. The first-order chi connectivity index (χ1) is 23.9. The first kappa shape index (κ1) is 44.9. The van der Waals surface area contributed by atoms with Crippen LogP contribution in [-0.4, -0.2) is 154 Å². The summed E-state index contributed by atoms with van der Waals surface area (Å²) in [6.07, 6.45) is -9.73. The number of methoxy groups -OCH3 is 1. The van der Waals surface area contributed by atoms with Crippen molar-refractivity contribution in [3.63, 3.8) is 0 Å². The lowest BCUT2D eigenvalue weighted by Gasteiger charge is -2.48. The standard InChI is InChI=1S/C37H68N2O13/c1-14-25-37(10,46)29(41)22(6)38-32(43)18(2)16-35(8,45)31(52-34-27(40)24(39(11)12)15-19(3)48-34)20(4)28(21(5)33(44)50-25)51-26-17-36(9,47-13)30(42)23(7)49-26/h18-31,34,40-42,45-46H,14-17H2,1-13H3,(H,38,43)/t18-,19-,20+,21-,22-,23+,24+,25-,26-,27-,28+,29-,30-,31-,34+,35-,36+,37-/m1/s1. The molecule has 3 saturated heterocycles. The third-order valence-electron chi connectivity index (χ3n) is 11.7. The number of esters is 1. The number of nitrogens with one attached hydrogen (secondary N) is 1. The maximum absolute atomic E-state index is 14.1. The van der Waals surface area contributed by atoms with Gasteiger partial charge in [-0.05, 0) is 81.8 Å². The van der Waals surface area contributed by atoms with Crippen LogP contribution < -0.4 is 5.32 Å². The second kappa shape index (κ2) is 17.5. The van der Waals surface area contributed by atoms with E-state index >= 15 is 0 Å². The maximum Gasteiger partial charge on any atom is 0.311 e. The summed E-state index contributed by atoms with van der Waals surface area (Å²) in [5, 5.41) is 60.3. The van der Waals surface area contributed by atoms with E-state index in [1.807, 2.05) is 25.9 Å². The van der Waals surface area contributed by atoms with Gasteiger partial charge in [0, 0.05) is 31.4 Å². The van der Waals surface area contributed by atoms with Crippen molar-refractivity contribution in [1.82, 2.24) is 10.2 Å². The molecule has 0 unspecified atom stereocenters. The monoisotopic (exact) mass is 748 g/mol. The summed E-state index contributed by atoms with van der Waals surface area (Å²) in [5.74, 6) is -4.03. The van der Waals surface area contributed by atoms with E-state index in [4.69, 9.17) is 28.4 Å². The van der Waals surface area contributed by atoms with Crippen molar-refractivity contribution in [3.8, 4) is 0 Å². The molecular weight excluding hydrogens is 680 g/mol. The second-order valence-corrected chi connectivity index (χ2v) is 16.6. The molecule has 0 aromatic rings. The van der Waals surface area contributed by atoms with Crippen LogP contribution in [0.3, 0.4) is 0 Å². The van der Waals surface area contributed by atoms with Crippen LogP contribution in [-0.2, 0) is 38.0 Å². The number of likely N-dealkylation sites (N-methyl/N-ethyl adjacent to an activating group) is 1. The molecule has 3 rings (SSSR count). The average Bonchev–Trinajstić information content (AvgIpc) is 3.06. The second-order valence-electron chi connectivity index (χ2n) is 16.6. The molecule has 0 bridgehead atoms. The van der Waals surface area contributed by atoms with Gasteiger partial charge in [0.05, 0.1) is 47.6 Å². The molecule has 3 fully saturated rings. The summed E-state index contributed by atoms with van der Waals surface area (Å²) in [6.45, 7) is 16.3. The summed E-state index contributed by atoms with van der Waals surface area (Å²) < 4.78 is 37.1. The zero-order chi connectivity index (χ0) is 39.7. The van der Waals surface area contributed by atoms with E-state index in [0.29, 0.717) is 6.42 Å². The van der Waals surface area contributed by atoms with Crippen LogP contribution in [0.4, 0.5) is 0 Å². The quantitative estimate of drug-likeness (QED) is 0.202. The Kier molecular flexibility index (Phi) is 15.1. The number of hydrogen-bond acceptors (Lipinski definition) is 14. The molecule has 6 N–H and O–H groups in total. The molecule has 3 heterocycles. The van der Waals surface area contributed by atoms with Crippen molar-refractivity contribution in [2.75, 3.05) is 21.2 Å². The van der Waals surface area contributed by atoms with Gasteiger partial charge in [-0.1, -0.05) is 20.8 Å². The van der Waals surface area contributed by atoms with E-state index in [0.717, 1.165) is 0 Å². The van der Waals surface area contributed by atoms with Gasteiger partial charge in [0.2, 0.25) is 5.91 Å². The van der Waals surface area contributed by atoms with E-state index in [9.17, 15) is 35.1 Å². The fraction of sp³-hybridized carbons (Fsp3) is 0.946. The fourth-order valence-electron chi connectivity index (χ4n) is 8.24. The Morgan fingerprint density at radius 2 is 1.54 bits per heavy atom. The molecule has 0 aromatic heterocycles. The average molecular weight is 749 g/mol. The van der Waals surface area contributed by atoms with Crippen molar-refractivity contribution >= 4 is 11.9 Å². The SMILES string of the molecule is CC[C@H]1OC(=O)[C@H](C)[C@@H](O[C@@H]2C[C@](C)(OC)[C@H](O)[C@H](C)O2)[C@H](C)[C@@H](O[C@@H]2O[C@H](C)C[C@H](N(C)C)[C@H]2O)[C@](C)(O)C[C@@H](C)C(=O)N[C@H](C)[C@@H](O)[C@]1(C)O. The van der Waals surface area contributed by atoms with Crippen LogP contribution >= 0.6 is 0 Å². The Labute approximate surface area is 309 Å². The fourth-order valence-corrected chi connectivity index (χ4v) is 8.24.